The van der Waals surface area contributed by atoms with Crippen LogP contribution in [0.5, 0.6) is 0 Å². The fraction of sp³-hybridized carbons (Fsp3) is 0.571. The standard InChI is InChI=1S/C14H20N4O/c1-8-6-11(7-12(16-8)18-15)14(19)17-13(9-2-3-9)10-4-5-10/h6-7,9-10,13H,2-5,15H2,1H3,(H,16,18)(H,17,19). The number of nitrogens with two attached hydrogens (primary N) is 1. The third-order valence-electron chi connectivity index (χ3n) is 3.92. The summed E-state index contributed by atoms with van der Waals surface area (Å²) in [5, 5.41) is 3.20. The van der Waals surface area contributed by atoms with Crippen LogP contribution < -0.4 is 16.6 Å². The van der Waals surface area contributed by atoms with E-state index < -0.39 is 0 Å². The lowest BCUT2D eigenvalue weighted by Gasteiger charge is -2.18. The van der Waals surface area contributed by atoms with E-state index in [-0.39, 0.29) is 5.91 Å². The second-order valence-corrected chi connectivity index (χ2v) is 5.70. The molecular formula is C14H20N4O. The average Bonchev–Trinajstić information content (AvgIpc) is 3.28. The molecule has 0 spiro atoms. The number of aryl methyl sites for hydroxylation is 1. The van der Waals surface area contributed by atoms with Gasteiger partial charge in [-0.15, -0.1) is 0 Å². The molecule has 2 fully saturated rings. The van der Waals surface area contributed by atoms with Crippen LogP contribution in [0.3, 0.4) is 0 Å². The van der Waals surface area contributed by atoms with Crippen LogP contribution in [0.2, 0.25) is 0 Å². The number of hydrazine groups is 1. The Balaban J connectivity index is 1.73. The summed E-state index contributed by atoms with van der Waals surface area (Å²) in [7, 11) is 0. The number of carbonyl (C=O) groups excluding carboxylic acids is 1. The maximum absolute atomic E-state index is 12.3. The van der Waals surface area contributed by atoms with Crippen LogP contribution in [0, 0.1) is 18.8 Å². The van der Waals surface area contributed by atoms with Gasteiger partial charge in [0.05, 0.1) is 0 Å². The van der Waals surface area contributed by atoms with Crippen LogP contribution in [0.25, 0.3) is 0 Å². The summed E-state index contributed by atoms with van der Waals surface area (Å²) in [6, 6.07) is 3.86. The molecule has 19 heavy (non-hydrogen) atoms. The van der Waals surface area contributed by atoms with Gasteiger partial charge in [0.25, 0.3) is 5.91 Å². The number of nitrogen functional groups attached to an aromatic ring is 1. The molecule has 1 amide bonds. The molecule has 0 bridgehead atoms. The largest absolute Gasteiger partial charge is 0.349 e. The predicted octanol–water partition coefficient (Wildman–Crippen LogP) is 1.59. The molecule has 3 rings (SSSR count). The molecule has 2 aliphatic rings. The van der Waals surface area contributed by atoms with Crippen molar-refractivity contribution < 1.29 is 4.79 Å². The summed E-state index contributed by atoms with van der Waals surface area (Å²) in [6.45, 7) is 1.86. The number of carbonyl (C=O) groups is 1. The number of nitrogens with zero attached hydrogens (tertiary/aromatic N) is 1. The zero-order valence-electron chi connectivity index (χ0n) is 11.1. The van der Waals surface area contributed by atoms with Gasteiger partial charge in [-0.3, -0.25) is 4.79 Å². The van der Waals surface area contributed by atoms with Crippen LogP contribution in [0.15, 0.2) is 12.1 Å². The maximum atomic E-state index is 12.3. The Morgan fingerprint density at radius 3 is 2.47 bits per heavy atom. The Kier molecular flexibility index (Phi) is 3.14. The van der Waals surface area contributed by atoms with Gasteiger partial charge in [0.2, 0.25) is 0 Å². The van der Waals surface area contributed by atoms with Gasteiger partial charge in [-0.1, -0.05) is 0 Å². The van der Waals surface area contributed by atoms with E-state index in [9.17, 15) is 4.79 Å². The van der Waals surface area contributed by atoms with Crippen LogP contribution in [-0.2, 0) is 0 Å². The summed E-state index contributed by atoms with van der Waals surface area (Å²) in [5.74, 6) is 7.28. The van der Waals surface area contributed by atoms with Crippen molar-refractivity contribution >= 4 is 11.7 Å². The van der Waals surface area contributed by atoms with Crippen LogP contribution in [-0.4, -0.2) is 16.9 Å². The van der Waals surface area contributed by atoms with Gasteiger partial charge in [0.15, 0.2) is 0 Å². The number of hydrogen-bond donors (Lipinski definition) is 3. The first-order chi connectivity index (χ1) is 9.17. The Morgan fingerprint density at radius 2 is 1.95 bits per heavy atom. The molecule has 1 heterocycles. The second-order valence-electron chi connectivity index (χ2n) is 5.70. The van der Waals surface area contributed by atoms with Gasteiger partial charge in [0, 0.05) is 17.3 Å². The van der Waals surface area contributed by atoms with E-state index in [1.54, 1.807) is 12.1 Å². The first kappa shape index (κ1) is 12.4. The highest BCUT2D eigenvalue weighted by Crippen LogP contribution is 2.44. The third kappa shape index (κ3) is 2.87. The van der Waals surface area contributed by atoms with E-state index in [1.165, 1.54) is 25.7 Å². The zero-order chi connectivity index (χ0) is 13.4. The van der Waals surface area contributed by atoms with E-state index in [4.69, 9.17) is 5.84 Å². The lowest BCUT2D eigenvalue weighted by molar-refractivity contribution is 0.0926. The van der Waals surface area contributed by atoms with Crippen LogP contribution in [0.4, 0.5) is 5.82 Å². The molecule has 0 unspecified atom stereocenters. The van der Waals surface area contributed by atoms with E-state index in [0.29, 0.717) is 29.3 Å². The van der Waals surface area contributed by atoms with Crippen LogP contribution >= 0.6 is 0 Å². The number of hydrogen-bond acceptors (Lipinski definition) is 4. The molecule has 0 radical (unpaired) electrons. The van der Waals surface area contributed by atoms with Crippen LogP contribution in [0.1, 0.15) is 41.7 Å². The van der Waals surface area contributed by atoms with Gasteiger partial charge in [-0.2, -0.15) is 0 Å². The maximum Gasteiger partial charge on any atom is 0.251 e. The van der Waals surface area contributed by atoms with Gasteiger partial charge >= 0.3 is 0 Å². The summed E-state index contributed by atoms with van der Waals surface area (Å²) in [5.41, 5.74) is 3.91. The minimum atomic E-state index is -0.00852. The molecule has 2 saturated carbocycles. The molecule has 0 aliphatic heterocycles. The van der Waals surface area contributed by atoms with E-state index in [2.05, 4.69) is 15.7 Å². The zero-order valence-corrected chi connectivity index (χ0v) is 11.1. The van der Waals surface area contributed by atoms with Crippen molar-refractivity contribution in [1.82, 2.24) is 10.3 Å². The smallest absolute Gasteiger partial charge is 0.251 e. The number of rotatable bonds is 5. The predicted molar refractivity (Wildman–Crippen MR) is 73.5 cm³/mol. The van der Waals surface area contributed by atoms with Gasteiger partial charge in [0.1, 0.15) is 5.82 Å². The topological polar surface area (TPSA) is 80.0 Å². The van der Waals surface area contributed by atoms with Crippen molar-refractivity contribution in [2.45, 2.75) is 38.6 Å². The summed E-state index contributed by atoms with van der Waals surface area (Å²) >= 11 is 0. The molecular weight excluding hydrogens is 240 g/mol. The quantitative estimate of drug-likeness (QED) is 0.555. The normalized spacial score (nSPS) is 18.5. The van der Waals surface area contributed by atoms with Gasteiger partial charge in [-0.05, 0) is 56.6 Å². The minimum absolute atomic E-state index is 0.00852. The molecule has 0 saturated heterocycles. The number of amides is 1. The Bertz CT molecular complexity index is 482. The Morgan fingerprint density at radius 1 is 1.32 bits per heavy atom. The SMILES string of the molecule is Cc1cc(C(=O)NC(C2CC2)C2CC2)cc(NN)n1. The summed E-state index contributed by atoms with van der Waals surface area (Å²) in [4.78, 5) is 16.5. The molecule has 102 valence electrons. The Hall–Kier alpha value is -1.62. The monoisotopic (exact) mass is 260 g/mol. The molecule has 1 aromatic rings. The number of aromatic nitrogens is 1. The van der Waals surface area contributed by atoms with Crippen molar-refractivity contribution in [3.8, 4) is 0 Å². The number of pyridine rings is 1. The van der Waals surface area contributed by atoms with Gasteiger partial charge in [-0.25, -0.2) is 10.8 Å². The van der Waals surface area contributed by atoms with Crippen molar-refractivity contribution in [3.05, 3.63) is 23.4 Å². The average molecular weight is 260 g/mol. The molecule has 4 N–H and O–H groups in total. The summed E-state index contributed by atoms with van der Waals surface area (Å²) in [6.07, 6.45) is 5.03. The highest BCUT2D eigenvalue weighted by molar-refractivity contribution is 5.95. The molecule has 0 atom stereocenters. The second kappa shape index (κ2) is 4.81. The van der Waals surface area contributed by atoms with E-state index in [0.717, 1.165) is 5.69 Å². The molecule has 2 aliphatic carbocycles. The highest BCUT2D eigenvalue weighted by atomic mass is 16.1. The fourth-order valence-electron chi connectivity index (χ4n) is 2.64. The molecule has 1 aromatic heterocycles. The minimum Gasteiger partial charge on any atom is -0.349 e. The Labute approximate surface area is 112 Å². The fourth-order valence-corrected chi connectivity index (χ4v) is 2.64. The van der Waals surface area contributed by atoms with E-state index in [1.807, 2.05) is 6.92 Å². The summed E-state index contributed by atoms with van der Waals surface area (Å²) < 4.78 is 0. The van der Waals surface area contributed by atoms with E-state index >= 15 is 0 Å². The van der Waals surface area contributed by atoms with Crippen molar-refractivity contribution in [2.75, 3.05) is 5.43 Å². The lowest BCUT2D eigenvalue weighted by atomic mass is 10.1. The first-order valence-corrected chi connectivity index (χ1v) is 6.93. The lowest BCUT2D eigenvalue weighted by Crippen LogP contribution is -2.38. The third-order valence-corrected chi connectivity index (χ3v) is 3.92. The number of nitrogens with one attached hydrogen (secondary N) is 2. The van der Waals surface area contributed by atoms with Crippen molar-refractivity contribution in [2.24, 2.45) is 17.7 Å². The molecule has 5 nitrogen and oxygen atoms in total. The molecule has 0 aromatic carbocycles. The molecule has 5 heteroatoms. The number of anilines is 1. The first-order valence-electron chi connectivity index (χ1n) is 6.93. The van der Waals surface area contributed by atoms with Gasteiger partial charge < -0.3 is 10.7 Å². The highest BCUT2D eigenvalue weighted by Gasteiger charge is 2.42. The van der Waals surface area contributed by atoms with Crippen molar-refractivity contribution in [1.29, 1.82) is 0 Å². The van der Waals surface area contributed by atoms with Crippen molar-refractivity contribution in [3.63, 3.8) is 0 Å².